The molecule has 1 amide bonds. The van der Waals surface area contributed by atoms with Gasteiger partial charge in [0, 0.05) is 43.3 Å². The van der Waals surface area contributed by atoms with Crippen LogP contribution < -0.4 is 11.1 Å². The maximum atomic E-state index is 15.5. The van der Waals surface area contributed by atoms with Gasteiger partial charge in [0.2, 0.25) is 16.0 Å². The van der Waals surface area contributed by atoms with Crippen molar-refractivity contribution in [3.8, 4) is 0 Å². The second kappa shape index (κ2) is 9.36. The zero-order valence-electron chi connectivity index (χ0n) is 20.6. The number of likely N-dealkylation sites (tertiary alicyclic amines) is 1. The molecule has 5 rings (SSSR count). The minimum atomic E-state index is -4.10. The van der Waals surface area contributed by atoms with Gasteiger partial charge in [-0.2, -0.15) is 0 Å². The molecule has 3 N–H and O–H groups in total. The highest BCUT2D eigenvalue weighted by Gasteiger charge is 2.66. The van der Waals surface area contributed by atoms with Gasteiger partial charge in [-0.25, -0.2) is 36.5 Å². The first kappa shape index (κ1) is 26.1. The number of amides is 1. The van der Waals surface area contributed by atoms with Gasteiger partial charge >= 0.3 is 0 Å². The summed E-state index contributed by atoms with van der Waals surface area (Å²) >= 11 is 1.44. The fourth-order valence-corrected chi connectivity index (χ4v) is 7.88. The molecule has 2 aromatic heterocycles. The van der Waals surface area contributed by atoms with Crippen LogP contribution in [0, 0.1) is 11.6 Å². The van der Waals surface area contributed by atoms with E-state index in [1.807, 2.05) is 10.3 Å². The number of sulfonamides is 1. The van der Waals surface area contributed by atoms with Gasteiger partial charge in [-0.05, 0) is 43.7 Å². The summed E-state index contributed by atoms with van der Waals surface area (Å²) in [5.74, 6) is -2.20. The first-order chi connectivity index (χ1) is 18.0. The Balaban J connectivity index is 1.56. The number of rotatable bonds is 5. The van der Waals surface area contributed by atoms with Crippen LogP contribution in [0.1, 0.15) is 35.1 Å². The Morgan fingerprint density at radius 1 is 1.24 bits per heavy atom. The number of nitrogens with one attached hydrogen (secondary N) is 1. The first-order valence-corrected chi connectivity index (χ1v) is 14.0. The van der Waals surface area contributed by atoms with Gasteiger partial charge in [-0.1, -0.05) is 0 Å². The van der Waals surface area contributed by atoms with E-state index >= 15 is 4.39 Å². The van der Waals surface area contributed by atoms with Gasteiger partial charge < -0.3 is 11.1 Å². The number of guanidine groups is 1. The predicted molar refractivity (Wildman–Crippen MR) is 139 cm³/mol. The fourth-order valence-electron chi connectivity index (χ4n) is 5.17. The van der Waals surface area contributed by atoms with Crippen LogP contribution in [0.2, 0.25) is 0 Å². The quantitative estimate of drug-likeness (QED) is 0.489. The van der Waals surface area contributed by atoms with Crippen LogP contribution in [-0.4, -0.2) is 64.3 Å². The third kappa shape index (κ3) is 4.12. The Kier molecular flexibility index (Phi) is 6.44. The minimum absolute atomic E-state index is 0.0301. The molecule has 1 spiro atoms. The third-order valence-electron chi connectivity index (χ3n) is 7.29. The third-order valence-corrected chi connectivity index (χ3v) is 10.6. The van der Waals surface area contributed by atoms with E-state index in [4.69, 9.17) is 5.73 Å². The number of carbonyl (C=O) groups excluding carboxylic acids is 1. The number of hydrogen-bond acceptors (Lipinski definition) is 9. The summed E-state index contributed by atoms with van der Waals surface area (Å²) in [5, 5.41) is 4.50. The Labute approximate surface area is 222 Å². The molecule has 14 heteroatoms. The number of aromatic nitrogens is 2. The van der Waals surface area contributed by atoms with Gasteiger partial charge in [0.15, 0.2) is 0 Å². The van der Waals surface area contributed by atoms with Crippen LogP contribution in [0.15, 0.2) is 52.4 Å². The maximum absolute atomic E-state index is 15.5. The molecule has 3 aromatic rings. The summed E-state index contributed by atoms with van der Waals surface area (Å²) in [6, 6.07) is 6.16. The number of halogens is 2. The molecule has 2 aliphatic rings. The van der Waals surface area contributed by atoms with Gasteiger partial charge in [0.05, 0.1) is 17.4 Å². The largest absolute Gasteiger partial charge is 0.369 e. The van der Waals surface area contributed by atoms with E-state index in [1.165, 1.54) is 36.6 Å². The number of nitrogens with zero attached hydrogens (tertiary/aromatic N) is 5. The maximum Gasteiger partial charge on any atom is 0.274 e. The topological polar surface area (TPSA) is 134 Å². The highest BCUT2D eigenvalue weighted by molar-refractivity contribution is 7.91. The molecule has 0 unspecified atom stereocenters. The van der Waals surface area contributed by atoms with Gasteiger partial charge in [0.25, 0.3) is 5.91 Å². The second-order valence-electron chi connectivity index (χ2n) is 9.46. The molecule has 200 valence electrons. The molecule has 0 radical (unpaired) electrons. The number of hydrogen-bond donors (Lipinski definition) is 2. The van der Waals surface area contributed by atoms with Crippen molar-refractivity contribution in [2.45, 2.75) is 30.2 Å². The standard InChI is InChI=1S/C24H25F2N7O3S2/c1-23(18-9-16(4-5-19(18)26)30-21(34)20-6-3-15(25)10-28-20)24(38(35,36)32(2)22(27)31-23)7-8-33(13-24)11-17-12-37-14-29-17/h3-6,9-10,12,14H,7-8,11,13H2,1-2H3,(H2,27,31)(H,30,34)/t23-,24+/m1/s1. The fraction of sp³-hybridized carbons (Fsp3) is 0.333. The summed E-state index contributed by atoms with van der Waals surface area (Å²) in [4.78, 5) is 27.3. The molecule has 1 fully saturated rings. The monoisotopic (exact) mass is 561 g/mol. The van der Waals surface area contributed by atoms with Crippen molar-refractivity contribution < 1.29 is 22.0 Å². The van der Waals surface area contributed by atoms with Crippen molar-refractivity contribution in [2.75, 3.05) is 25.5 Å². The van der Waals surface area contributed by atoms with Crippen molar-refractivity contribution >= 4 is 38.9 Å². The average molecular weight is 562 g/mol. The predicted octanol–water partition coefficient (Wildman–Crippen LogP) is 2.52. The molecule has 2 aliphatic heterocycles. The summed E-state index contributed by atoms with van der Waals surface area (Å²) in [6.45, 7) is 2.48. The molecule has 2 atom stereocenters. The second-order valence-corrected chi connectivity index (χ2v) is 12.5. The molecule has 0 bridgehead atoms. The molecule has 38 heavy (non-hydrogen) atoms. The van der Waals surface area contributed by atoms with Crippen LogP contribution in [0.3, 0.4) is 0 Å². The van der Waals surface area contributed by atoms with E-state index in [9.17, 15) is 17.6 Å². The number of anilines is 1. The number of aliphatic imine (C=N–C) groups is 1. The Morgan fingerprint density at radius 2 is 2.03 bits per heavy atom. The smallest absolute Gasteiger partial charge is 0.274 e. The number of nitrogens with two attached hydrogens (primary N) is 1. The summed E-state index contributed by atoms with van der Waals surface area (Å²) in [5.41, 5.74) is 7.07. The van der Waals surface area contributed by atoms with Crippen molar-refractivity contribution in [3.05, 3.63) is 76.0 Å². The summed E-state index contributed by atoms with van der Waals surface area (Å²) in [6.07, 6.45) is 1.08. The molecular formula is C24H25F2N7O3S2. The van der Waals surface area contributed by atoms with Gasteiger partial charge in [-0.3, -0.25) is 9.69 Å². The molecular weight excluding hydrogens is 536 g/mol. The van der Waals surface area contributed by atoms with Crippen LogP contribution in [0.5, 0.6) is 0 Å². The highest BCUT2D eigenvalue weighted by Crippen LogP contribution is 2.52. The summed E-state index contributed by atoms with van der Waals surface area (Å²) < 4.78 is 56.0. The van der Waals surface area contributed by atoms with Gasteiger partial charge in [-0.15, -0.1) is 11.3 Å². The lowest BCUT2D eigenvalue weighted by atomic mass is 9.78. The van der Waals surface area contributed by atoms with E-state index in [0.29, 0.717) is 13.1 Å². The van der Waals surface area contributed by atoms with Crippen LogP contribution in [-0.2, 0) is 22.1 Å². The van der Waals surface area contributed by atoms with E-state index in [-0.39, 0.29) is 35.9 Å². The molecule has 1 saturated heterocycles. The van der Waals surface area contributed by atoms with Crippen molar-refractivity contribution in [2.24, 2.45) is 10.7 Å². The zero-order chi connectivity index (χ0) is 27.3. The van der Waals surface area contributed by atoms with E-state index in [1.54, 1.807) is 12.4 Å². The lowest BCUT2D eigenvalue weighted by molar-refractivity contribution is 0.102. The number of carbonyl (C=O) groups is 1. The highest BCUT2D eigenvalue weighted by atomic mass is 32.2. The lowest BCUT2D eigenvalue weighted by Crippen LogP contribution is -2.66. The zero-order valence-corrected chi connectivity index (χ0v) is 22.2. The SMILES string of the molecule is CN1C(N)=N[C@](C)(c2cc(NC(=O)c3ccc(F)cn3)ccc2F)[C@@]2(CCN(Cc3cscn3)C2)S1(=O)=O. The molecule has 1 aromatic carbocycles. The van der Waals surface area contributed by atoms with Crippen LogP contribution >= 0.6 is 11.3 Å². The average Bonchev–Trinajstić information content (AvgIpc) is 3.55. The Morgan fingerprint density at radius 3 is 2.71 bits per heavy atom. The first-order valence-electron chi connectivity index (χ1n) is 11.6. The molecule has 0 saturated carbocycles. The van der Waals surface area contributed by atoms with Crippen molar-refractivity contribution in [1.82, 2.24) is 19.2 Å². The summed E-state index contributed by atoms with van der Waals surface area (Å²) in [7, 11) is -2.76. The number of benzene rings is 1. The Bertz CT molecular complexity index is 1520. The Hall–Kier alpha value is -3.49. The van der Waals surface area contributed by atoms with Crippen LogP contribution in [0.25, 0.3) is 0 Å². The van der Waals surface area contributed by atoms with Crippen molar-refractivity contribution in [3.63, 3.8) is 0 Å². The van der Waals surface area contributed by atoms with E-state index in [0.717, 1.165) is 28.3 Å². The normalized spacial score (nSPS) is 24.9. The van der Waals surface area contributed by atoms with Gasteiger partial charge in [0.1, 0.15) is 27.6 Å². The van der Waals surface area contributed by atoms with E-state index < -0.39 is 37.9 Å². The molecule has 10 nitrogen and oxygen atoms in total. The molecule has 0 aliphatic carbocycles. The van der Waals surface area contributed by atoms with Crippen LogP contribution in [0.4, 0.5) is 14.5 Å². The minimum Gasteiger partial charge on any atom is -0.369 e. The van der Waals surface area contributed by atoms with Crippen molar-refractivity contribution in [1.29, 1.82) is 0 Å². The lowest BCUT2D eigenvalue weighted by Gasteiger charge is -2.48. The molecule has 4 heterocycles. The number of pyridine rings is 1. The van der Waals surface area contributed by atoms with E-state index in [2.05, 4.69) is 20.3 Å². The number of thiazole rings is 1.